The van der Waals surface area contributed by atoms with Gasteiger partial charge in [0.25, 0.3) is 0 Å². The normalized spacial score (nSPS) is 12.1. The highest BCUT2D eigenvalue weighted by molar-refractivity contribution is 5.71. The fraction of sp³-hybridized carbons (Fsp3) is 0.896. The van der Waals surface area contributed by atoms with E-state index in [0.29, 0.717) is 19.3 Å². The van der Waals surface area contributed by atoms with E-state index < -0.39 is 6.10 Å². The van der Waals surface area contributed by atoms with Gasteiger partial charge in [0.15, 0.2) is 6.10 Å². The number of allylic oxidation sites excluding steroid dienone is 4. The molecule has 0 amide bonds. The number of esters is 3. The second kappa shape index (κ2) is 62.4. The molecule has 0 saturated heterocycles. The molecule has 73 heavy (non-hydrogen) atoms. The zero-order chi connectivity index (χ0) is 52.9. The minimum absolute atomic E-state index is 0.0706. The van der Waals surface area contributed by atoms with Gasteiger partial charge in [-0.2, -0.15) is 0 Å². The van der Waals surface area contributed by atoms with Crippen LogP contribution in [0.15, 0.2) is 24.3 Å². The van der Waals surface area contributed by atoms with E-state index in [1.807, 2.05) is 0 Å². The van der Waals surface area contributed by atoms with Gasteiger partial charge in [-0.05, 0) is 70.6 Å². The van der Waals surface area contributed by atoms with Crippen LogP contribution in [0.2, 0.25) is 0 Å². The molecule has 1 atom stereocenters. The van der Waals surface area contributed by atoms with Crippen LogP contribution in [0.5, 0.6) is 0 Å². The molecule has 0 aliphatic rings. The average Bonchev–Trinajstić information content (AvgIpc) is 3.39. The predicted molar refractivity (Wildman–Crippen MR) is 316 cm³/mol. The highest BCUT2D eigenvalue weighted by Gasteiger charge is 2.19. The Balaban J connectivity index is 4.27. The van der Waals surface area contributed by atoms with Gasteiger partial charge in [-0.25, -0.2) is 0 Å². The van der Waals surface area contributed by atoms with Crippen molar-refractivity contribution >= 4 is 17.9 Å². The summed E-state index contributed by atoms with van der Waals surface area (Å²) in [4.78, 5) is 38.3. The molecule has 430 valence electrons. The van der Waals surface area contributed by atoms with Crippen LogP contribution in [0.25, 0.3) is 0 Å². The summed E-state index contributed by atoms with van der Waals surface area (Å²) in [5.74, 6) is -0.857. The number of rotatable bonds is 61. The summed E-state index contributed by atoms with van der Waals surface area (Å²) in [7, 11) is 0. The van der Waals surface area contributed by atoms with E-state index in [-0.39, 0.29) is 31.1 Å². The van der Waals surface area contributed by atoms with Gasteiger partial charge in [-0.3, -0.25) is 14.4 Å². The Morgan fingerprint density at radius 3 is 0.685 bits per heavy atom. The maximum absolute atomic E-state index is 12.9. The number of ether oxygens (including phenoxy) is 3. The summed E-state index contributed by atoms with van der Waals surface area (Å²) < 4.78 is 16.9. The van der Waals surface area contributed by atoms with Crippen molar-refractivity contribution in [1.82, 2.24) is 0 Å². The topological polar surface area (TPSA) is 78.9 Å². The maximum Gasteiger partial charge on any atom is 0.306 e. The van der Waals surface area contributed by atoms with Gasteiger partial charge >= 0.3 is 17.9 Å². The van der Waals surface area contributed by atoms with E-state index >= 15 is 0 Å². The van der Waals surface area contributed by atoms with Gasteiger partial charge in [0, 0.05) is 19.3 Å². The molecular weight excluding hydrogens is 901 g/mol. The van der Waals surface area contributed by atoms with E-state index in [2.05, 4.69) is 45.1 Å². The lowest BCUT2D eigenvalue weighted by molar-refractivity contribution is -0.167. The molecule has 0 aromatic carbocycles. The van der Waals surface area contributed by atoms with Gasteiger partial charge < -0.3 is 14.2 Å². The first kappa shape index (κ1) is 70.9. The molecule has 6 heteroatoms. The second-order valence-corrected chi connectivity index (χ2v) is 22.4. The molecule has 0 spiro atoms. The van der Waals surface area contributed by atoms with E-state index in [9.17, 15) is 14.4 Å². The minimum atomic E-state index is -0.774. The third-order valence-corrected chi connectivity index (χ3v) is 14.9. The molecular formula is C67H126O6. The van der Waals surface area contributed by atoms with Crippen molar-refractivity contribution in [3.63, 3.8) is 0 Å². The van der Waals surface area contributed by atoms with Crippen LogP contribution in [0.3, 0.4) is 0 Å². The molecule has 0 aromatic rings. The third-order valence-electron chi connectivity index (χ3n) is 14.9. The number of carbonyl (C=O) groups is 3. The number of hydrogen-bond donors (Lipinski definition) is 0. The number of unbranched alkanes of at least 4 members (excludes halogenated alkanes) is 46. The predicted octanol–water partition coefficient (Wildman–Crippen LogP) is 22.2. The van der Waals surface area contributed by atoms with Crippen molar-refractivity contribution in [3.05, 3.63) is 24.3 Å². The van der Waals surface area contributed by atoms with Crippen LogP contribution in [-0.4, -0.2) is 37.2 Å². The molecule has 6 nitrogen and oxygen atoms in total. The summed E-state index contributed by atoms with van der Waals surface area (Å²) in [6, 6.07) is 0. The molecule has 0 saturated carbocycles. The highest BCUT2D eigenvalue weighted by Crippen LogP contribution is 2.18. The monoisotopic (exact) mass is 1030 g/mol. The Morgan fingerprint density at radius 1 is 0.260 bits per heavy atom. The summed E-state index contributed by atoms with van der Waals surface area (Å²) in [6.45, 7) is 6.69. The zero-order valence-electron chi connectivity index (χ0n) is 49.4. The standard InChI is InChI=1S/C67H126O6/c1-4-7-10-13-16-19-22-25-28-30-32-33-34-35-36-38-39-42-45-48-51-54-57-60-66(69)72-63-64(62-71-65(68)59-56-53-50-47-44-41-27-24-21-18-15-12-9-6-3)73-67(70)61-58-55-52-49-46-43-40-37-31-29-26-23-20-17-14-11-8-5-2/h24,27,29,31,64H,4-23,25-26,28,30,32-63H2,1-3H3/b27-24-,31-29-. The molecule has 0 heterocycles. The summed E-state index contributed by atoms with van der Waals surface area (Å²) >= 11 is 0. The van der Waals surface area contributed by atoms with Crippen molar-refractivity contribution in [3.8, 4) is 0 Å². The van der Waals surface area contributed by atoms with Gasteiger partial charge in [0.2, 0.25) is 0 Å². The van der Waals surface area contributed by atoms with Gasteiger partial charge in [0.1, 0.15) is 13.2 Å². The summed E-state index contributed by atoms with van der Waals surface area (Å²) in [5.41, 5.74) is 0. The molecule has 0 bridgehead atoms. The molecule has 0 aliphatic heterocycles. The molecule has 0 aliphatic carbocycles. The van der Waals surface area contributed by atoms with E-state index in [1.54, 1.807) is 0 Å². The SMILES string of the molecule is CCCCCCC/C=C\CCCCCCCC(=O)OCC(COC(=O)CCCCCCCCCCCCCCCCCCCCCCCCC)OC(=O)CCCCCCCCC/C=C\CCCCCCCCC. The smallest absolute Gasteiger partial charge is 0.306 e. The molecule has 0 radical (unpaired) electrons. The van der Waals surface area contributed by atoms with Gasteiger partial charge in [-0.1, -0.05) is 302 Å². The van der Waals surface area contributed by atoms with Crippen molar-refractivity contribution in [1.29, 1.82) is 0 Å². The second-order valence-electron chi connectivity index (χ2n) is 22.4. The summed E-state index contributed by atoms with van der Waals surface area (Å²) in [6.07, 6.45) is 74.8. The Bertz CT molecular complexity index is 1180. The quantitative estimate of drug-likeness (QED) is 0.0261. The van der Waals surface area contributed by atoms with Crippen LogP contribution >= 0.6 is 0 Å². The van der Waals surface area contributed by atoms with Crippen LogP contribution in [0, 0.1) is 0 Å². The summed E-state index contributed by atoms with van der Waals surface area (Å²) in [5, 5.41) is 0. The lowest BCUT2D eigenvalue weighted by Gasteiger charge is -2.18. The van der Waals surface area contributed by atoms with Crippen molar-refractivity contribution in [2.75, 3.05) is 13.2 Å². The first-order valence-corrected chi connectivity index (χ1v) is 32.8. The fourth-order valence-corrected chi connectivity index (χ4v) is 9.97. The zero-order valence-corrected chi connectivity index (χ0v) is 49.4. The minimum Gasteiger partial charge on any atom is -0.462 e. The molecule has 1 unspecified atom stereocenters. The van der Waals surface area contributed by atoms with Crippen molar-refractivity contribution in [2.45, 2.75) is 374 Å². The molecule has 0 N–H and O–H groups in total. The van der Waals surface area contributed by atoms with E-state index in [4.69, 9.17) is 14.2 Å². The molecule has 0 rings (SSSR count). The van der Waals surface area contributed by atoms with Crippen LogP contribution < -0.4 is 0 Å². The van der Waals surface area contributed by atoms with Crippen LogP contribution in [0.1, 0.15) is 367 Å². The lowest BCUT2D eigenvalue weighted by Crippen LogP contribution is -2.30. The Labute approximate surface area is 455 Å². The van der Waals surface area contributed by atoms with Crippen molar-refractivity contribution < 1.29 is 28.6 Å². The first-order chi connectivity index (χ1) is 36.0. The third kappa shape index (κ3) is 60.6. The van der Waals surface area contributed by atoms with Gasteiger partial charge in [-0.15, -0.1) is 0 Å². The lowest BCUT2D eigenvalue weighted by atomic mass is 10.0. The first-order valence-electron chi connectivity index (χ1n) is 32.8. The number of carbonyl (C=O) groups excluding carboxylic acids is 3. The fourth-order valence-electron chi connectivity index (χ4n) is 9.97. The maximum atomic E-state index is 12.9. The number of hydrogen-bond acceptors (Lipinski definition) is 6. The highest BCUT2D eigenvalue weighted by atomic mass is 16.6. The Kier molecular flexibility index (Phi) is 60.6. The van der Waals surface area contributed by atoms with Crippen LogP contribution in [-0.2, 0) is 28.6 Å². The molecule has 0 fully saturated rings. The molecule has 0 aromatic heterocycles. The van der Waals surface area contributed by atoms with Crippen molar-refractivity contribution in [2.24, 2.45) is 0 Å². The van der Waals surface area contributed by atoms with E-state index in [1.165, 1.54) is 263 Å². The van der Waals surface area contributed by atoms with Gasteiger partial charge in [0.05, 0.1) is 0 Å². The Morgan fingerprint density at radius 2 is 0.452 bits per heavy atom. The average molecular weight is 1030 g/mol. The Hall–Kier alpha value is -2.11. The largest absolute Gasteiger partial charge is 0.462 e. The van der Waals surface area contributed by atoms with E-state index in [0.717, 1.165) is 64.2 Å². The van der Waals surface area contributed by atoms with Crippen LogP contribution in [0.4, 0.5) is 0 Å².